The zero-order chi connectivity index (χ0) is 0. The van der Waals surface area contributed by atoms with Gasteiger partial charge in [0.05, 0.1) is 0 Å². The van der Waals surface area contributed by atoms with Crippen molar-refractivity contribution in [2.24, 2.45) is 0 Å². The smallest absolute Gasteiger partial charge is 2.00 e. The molecule has 0 unspecified atom stereocenters. The van der Waals surface area contributed by atoms with Crippen LogP contribution in [0.3, 0.4) is 0 Å². The Balaban J connectivity index is 0. The van der Waals surface area contributed by atoms with Gasteiger partial charge < -0.3 is 54.0 Å². The molecule has 8 heavy (non-hydrogen) atoms. The topological polar surface area (TPSA) is 0 Å². The van der Waals surface area contributed by atoms with Gasteiger partial charge >= 0.3 is 231 Å². The van der Waals surface area contributed by atoms with Crippen molar-refractivity contribution in [1.82, 2.24) is 0 Å². The predicted molar refractivity (Wildman–Crippen MR) is 35.2 cm³/mol. The minimum Gasteiger partial charge on any atom is -2.00 e. The van der Waals surface area contributed by atoms with Crippen molar-refractivity contribution in [2.45, 2.75) is 0 Å². The quantitative estimate of drug-likeness (QED) is 0.229. The molecule has 0 bridgehead atoms. The fourth-order valence-corrected chi connectivity index (χ4v) is 0. The van der Waals surface area contributed by atoms with Gasteiger partial charge in [-0.05, 0) is 0 Å². The normalized spacial score (nSPS) is 0. The van der Waals surface area contributed by atoms with E-state index in [4.69, 9.17) is 0 Å². The summed E-state index contributed by atoms with van der Waals surface area (Å²) in [6, 6.07) is 0. The van der Waals surface area contributed by atoms with E-state index in [2.05, 4.69) is 0 Å². The SMILES string of the molecule is [Cs+].[Cs+].[Cs+].[S-2].[S-2].[S-2].[S-2].[Sb+5]. The van der Waals surface area contributed by atoms with E-state index in [1.165, 1.54) is 0 Å². The molecule has 0 aromatic heterocycles. The first-order chi connectivity index (χ1) is 0. The molecule has 0 saturated carbocycles. The van der Waals surface area contributed by atoms with Gasteiger partial charge in [-0.25, -0.2) is 0 Å². The van der Waals surface area contributed by atoms with E-state index in [-0.39, 0.29) is 285 Å². The van der Waals surface area contributed by atoms with Gasteiger partial charge in [0, 0.05) is 0 Å². The van der Waals surface area contributed by atoms with Gasteiger partial charge in [-0.2, -0.15) is 0 Å². The van der Waals surface area contributed by atoms with E-state index in [1.54, 1.807) is 0 Å². The number of rotatable bonds is 0. The Morgan fingerprint density at radius 1 is 0.375 bits per heavy atom. The van der Waals surface area contributed by atoms with E-state index in [0.717, 1.165) is 0 Å². The van der Waals surface area contributed by atoms with Crippen molar-refractivity contribution in [1.29, 1.82) is 0 Å². The first-order valence-electron chi connectivity index (χ1n) is 0. The van der Waals surface area contributed by atoms with Crippen molar-refractivity contribution in [3.63, 3.8) is 0 Å². The second-order valence-corrected chi connectivity index (χ2v) is 0. The van der Waals surface area contributed by atoms with E-state index in [9.17, 15) is 0 Å². The van der Waals surface area contributed by atoms with E-state index in [0.29, 0.717) is 0 Å². The van der Waals surface area contributed by atoms with Gasteiger partial charge in [0.25, 0.3) is 0 Å². The minimum atomic E-state index is 0. The van der Waals surface area contributed by atoms with Crippen LogP contribution < -0.4 is 207 Å². The summed E-state index contributed by atoms with van der Waals surface area (Å²) in [6.45, 7) is 0. The third-order valence-electron chi connectivity index (χ3n) is 0. The average Bonchev–Trinajstić information content (AvgIpc) is 0. The van der Waals surface area contributed by atoms with Crippen LogP contribution in [0.25, 0.3) is 0 Å². The molecule has 32 valence electrons. The largest absolute Gasteiger partial charge is 5.00 e. The molecule has 0 amide bonds. The van der Waals surface area contributed by atoms with Crippen molar-refractivity contribution < 1.29 is 207 Å². The fourth-order valence-electron chi connectivity index (χ4n) is 0. The molecule has 0 aliphatic rings. The summed E-state index contributed by atoms with van der Waals surface area (Å²) in [4.78, 5) is 0. The van der Waals surface area contributed by atoms with Crippen molar-refractivity contribution in [2.75, 3.05) is 0 Å². The molecule has 0 aromatic rings. The molecule has 0 rings (SSSR count). The zero-order valence-electron chi connectivity index (χ0n) is 5.08. The summed E-state index contributed by atoms with van der Waals surface area (Å²) >= 11 is 0. The van der Waals surface area contributed by atoms with Gasteiger partial charge in [0.2, 0.25) is 0 Å². The molecule has 0 radical (unpaired) electrons. The molecule has 0 atom stereocenters. The van der Waals surface area contributed by atoms with Crippen molar-refractivity contribution >= 4 is 78.4 Å². The summed E-state index contributed by atoms with van der Waals surface area (Å²) < 4.78 is 0. The van der Waals surface area contributed by atoms with Crippen LogP contribution in [-0.2, 0) is 54.0 Å². The molecule has 0 heterocycles. The Morgan fingerprint density at radius 2 is 0.375 bits per heavy atom. The first kappa shape index (κ1) is 55.2. The molecule has 0 fully saturated rings. The fraction of sp³-hybridized carbons (Fsp3) is 0. The van der Waals surface area contributed by atoms with E-state index >= 15 is 0 Å². The van der Waals surface area contributed by atoms with Gasteiger partial charge in [-0.3, -0.25) is 0 Å². The third-order valence-corrected chi connectivity index (χ3v) is 0. The Morgan fingerprint density at radius 3 is 0.375 bits per heavy atom. The summed E-state index contributed by atoms with van der Waals surface area (Å²) in [5.74, 6) is 0. The Bertz CT molecular complexity index is 11.2. The maximum atomic E-state index is 0. The van der Waals surface area contributed by atoms with Gasteiger partial charge in [-0.15, -0.1) is 0 Å². The Hall–Kier alpha value is 8.37. The standard InChI is InChI=1S/3Cs.4S.Sb/q3*+1;4*-2;+5. The molecule has 0 aliphatic heterocycles. The minimum absolute atomic E-state index is 0. The third kappa shape index (κ3) is 36.7. The van der Waals surface area contributed by atoms with Gasteiger partial charge in [0.15, 0.2) is 0 Å². The Kier molecular flexibility index (Phi) is 312. The summed E-state index contributed by atoms with van der Waals surface area (Å²) in [5, 5.41) is 0. The van der Waals surface area contributed by atoms with E-state index < -0.39 is 0 Å². The molecule has 0 spiro atoms. The second kappa shape index (κ2) is 45.3. The molecule has 0 aromatic carbocycles. The van der Waals surface area contributed by atoms with Crippen molar-refractivity contribution in [3.05, 3.63) is 0 Å². The summed E-state index contributed by atoms with van der Waals surface area (Å²) in [6.07, 6.45) is 0. The summed E-state index contributed by atoms with van der Waals surface area (Å²) in [7, 11) is 0. The molecular weight excluding hydrogens is 649 g/mol. The van der Waals surface area contributed by atoms with Crippen LogP contribution in [0.2, 0.25) is 0 Å². The van der Waals surface area contributed by atoms with Crippen LogP contribution in [-0.4, -0.2) is 24.4 Å². The van der Waals surface area contributed by atoms with Crippen LogP contribution in [0.4, 0.5) is 0 Å². The molecule has 0 N–H and O–H groups in total. The first-order valence-corrected chi connectivity index (χ1v) is 0. The van der Waals surface area contributed by atoms with E-state index in [1.807, 2.05) is 0 Å². The van der Waals surface area contributed by atoms with Crippen LogP contribution in [0.15, 0.2) is 0 Å². The molecular formula is Cs3S4Sb. The maximum absolute atomic E-state index is 0. The zero-order valence-corrected chi connectivity index (χ0v) is 29.7. The molecule has 0 saturated heterocycles. The number of hydrogen-bond acceptors (Lipinski definition) is 0. The Labute approximate surface area is 274 Å². The molecule has 0 nitrogen and oxygen atoms in total. The van der Waals surface area contributed by atoms with Crippen LogP contribution in [0, 0.1) is 0 Å². The van der Waals surface area contributed by atoms with Crippen LogP contribution >= 0.6 is 0 Å². The monoisotopic (exact) mass is 648 g/mol. The van der Waals surface area contributed by atoms with Crippen LogP contribution in [0.5, 0.6) is 0 Å². The van der Waals surface area contributed by atoms with Gasteiger partial charge in [-0.1, -0.05) is 0 Å². The molecule has 0 aliphatic carbocycles. The maximum Gasteiger partial charge on any atom is 5.00 e. The summed E-state index contributed by atoms with van der Waals surface area (Å²) in [5.41, 5.74) is 0. The van der Waals surface area contributed by atoms with Crippen LogP contribution in [0.1, 0.15) is 0 Å². The number of hydrogen-bond donors (Lipinski definition) is 0. The predicted octanol–water partition coefficient (Wildman–Crippen LogP) is -9.38. The van der Waals surface area contributed by atoms with Gasteiger partial charge in [0.1, 0.15) is 0 Å². The average molecular weight is 649 g/mol. The van der Waals surface area contributed by atoms with Crippen molar-refractivity contribution in [3.8, 4) is 0 Å². The molecule has 8 heteroatoms. The second-order valence-electron chi connectivity index (χ2n) is 0.